The summed E-state index contributed by atoms with van der Waals surface area (Å²) < 4.78 is 5.31. The normalized spacial score (nSPS) is 20.2. The molecular weight excluding hydrogens is 142 g/mol. The summed E-state index contributed by atoms with van der Waals surface area (Å²) in [6.07, 6.45) is 1.60. The Balaban J connectivity index is 1.92. The predicted octanol–water partition coefficient (Wildman–Crippen LogP) is 0.0895. The molecule has 0 aromatic carbocycles. The molecule has 0 amide bonds. The maximum absolute atomic E-state index is 8.47. The SMILES string of the molecule is CCCN1CC(OCCO)C1. The fourth-order valence-electron chi connectivity index (χ4n) is 1.35. The second-order valence-corrected chi connectivity index (χ2v) is 2.98. The number of likely N-dealkylation sites (tertiary alicyclic amines) is 1. The fourth-order valence-corrected chi connectivity index (χ4v) is 1.35. The Morgan fingerprint density at radius 3 is 2.82 bits per heavy atom. The van der Waals surface area contributed by atoms with Gasteiger partial charge in [-0.3, -0.25) is 4.90 Å². The molecule has 1 aliphatic rings. The first-order chi connectivity index (χ1) is 5.36. The van der Waals surface area contributed by atoms with Crippen LogP contribution in [-0.2, 0) is 4.74 Å². The van der Waals surface area contributed by atoms with Crippen LogP contribution in [0.15, 0.2) is 0 Å². The first kappa shape index (κ1) is 8.97. The standard InChI is InChI=1S/C8H17NO2/c1-2-3-9-6-8(7-9)11-5-4-10/h8,10H,2-7H2,1H3. The molecule has 0 aromatic heterocycles. The van der Waals surface area contributed by atoms with Gasteiger partial charge >= 0.3 is 0 Å². The molecule has 0 unspecified atom stereocenters. The lowest BCUT2D eigenvalue weighted by Gasteiger charge is -2.38. The highest BCUT2D eigenvalue weighted by Gasteiger charge is 2.25. The summed E-state index contributed by atoms with van der Waals surface area (Å²) in [5.41, 5.74) is 0. The highest BCUT2D eigenvalue weighted by Crippen LogP contribution is 2.10. The third-order valence-electron chi connectivity index (χ3n) is 1.91. The van der Waals surface area contributed by atoms with Gasteiger partial charge < -0.3 is 9.84 Å². The predicted molar refractivity (Wildman–Crippen MR) is 43.6 cm³/mol. The van der Waals surface area contributed by atoms with Gasteiger partial charge in [-0.1, -0.05) is 6.92 Å². The molecule has 0 spiro atoms. The second-order valence-electron chi connectivity index (χ2n) is 2.98. The summed E-state index contributed by atoms with van der Waals surface area (Å²) in [5.74, 6) is 0. The van der Waals surface area contributed by atoms with E-state index < -0.39 is 0 Å². The van der Waals surface area contributed by atoms with E-state index in [0.29, 0.717) is 12.7 Å². The minimum Gasteiger partial charge on any atom is -0.394 e. The summed E-state index contributed by atoms with van der Waals surface area (Å²) in [4.78, 5) is 2.36. The topological polar surface area (TPSA) is 32.7 Å². The number of rotatable bonds is 5. The van der Waals surface area contributed by atoms with E-state index >= 15 is 0 Å². The van der Waals surface area contributed by atoms with Crippen LogP contribution in [0, 0.1) is 0 Å². The first-order valence-corrected chi connectivity index (χ1v) is 4.31. The van der Waals surface area contributed by atoms with Gasteiger partial charge in [0.25, 0.3) is 0 Å². The molecule has 1 fully saturated rings. The van der Waals surface area contributed by atoms with Gasteiger partial charge in [-0.25, -0.2) is 0 Å². The lowest BCUT2D eigenvalue weighted by molar-refractivity contribution is -0.0629. The average Bonchev–Trinajstić information content (AvgIpc) is 1.94. The van der Waals surface area contributed by atoms with Crippen molar-refractivity contribution in [3.05, 3.63) is 0 Å². The van der Waals surface area contributed by atoms with Gasteiger partial charge in [0, 0.05) is 13.1 Å². The number of aliphatic hydroxyl groups excluding tert-OH is 1. The van der Waals surface area contributed by atoms with Crippen molar-refractivity contribution >= 4 is 0 Å². The third-order valence-corrected chi connectivity index (χ3v) is 1.91. The van der Waals surface area contributed by atoms with E-state index in [1.807, 2.05) is 0 Å². The van der Waals surface area contributed by atoms with Crippen molar-refractivity contribution in [3.8, 4) is 0 Å². The van der Waals surface area contributed by atoms with Crippen molar-refractivity contribution in [1.82, 2.24) is 4.90 Å². The van der Waals surface area contributed by atoms with Crippen LogP contribution in [0.3, 0.4) is 0 Å². The van der Waals surface area contributed by atoms with Crippen molar-refractivity contribution in [2.24, 2.45) is 0 Å². The van der Waals surface area contributed by atoms with E-state index in [2.05, 4.69) is 11.8 Å². The Kier molecular flexibility index (Phi) is 3.83. The van der Waals surface area contributed by atoms with E-state index in [1.54, 1.807) is 0 Å². The van der Waals surface area contributed by atoms with Gasteiger partial charge in [-0.2, -0.15) is 0 Å². The van der Waals surface area contributed by atoms with Crippen molar-refractivity contribution < 1.29 is 9.84 Å². The zero-order valence-corrected chi connectivity index (χ0v) is 7.12. The Bertz CT molecular complexity index is 102. The summed E-state index contributed by atoms with van der Waals surface area (Å²) in [6, 6.07) is 0. The minimum absolute atomic E-state index is 0.143. The molecule has 3 nitrogen and oxygen atoms in total. The number of hydrogen-bond donors (Lipinski definition) is 1. The smallest absolute Gasteiger partial charge is 0.0829 e. The summed E-state index contributed by atoms with van der Waals surface area (Å²) in [7, 11) is 0. The van der Waals surface area contributed by atoms with Crippen LogP contribution in [0.25, 0.3) is 0 Å². The molecule has 0 radical (unpaired) electrons. The highest BCUT2D eigenvalue weighted by molar-refractivity contribution is 4.79. The van der Waals surface area contributed by atoms with Gasteiger partial charge in [0.15, 0.2) is 0 Å². The Morgan fingerprint density at radius 1 is 1.55 bits per heavy atom. The molecule has 0 aromatic rings. The highest BCUT2D eigenvalue weighted by atomic mass is 16.5. The van der Waals surface area contributed by atoms with E-state index in [0.717, 1.165) is 13.1 Å². The lowest BCUT2D eigenvalue weighted by atomic mass is 10.1. The van der Waals surface area contributed by atoms with Crippen LogP contribution in [0.4, 0.5) is 0 Å². The van der Waals surface area contributed by atoms with Gasteiger partial charge in [0.2, 0.25) is 0 Å². The zero-order chi connectivity index (χ0) is 8.10. The Hall–Kier alpha value is -0.120. The van der Waals surface area contributed by atoms with Crippen LogP contribution >= 0.6 is 0 Å². The molecule has 11 heavy (non-hydrogen) atoms. The fraction of sp³-hybridized carbons (Fsp3) is 1.00. The first-order valence-electron chi connectivity index (χ1n) is 4.31. The second kappa shape index (κ2) is 4.70. The zero-order valence-electron chi connectivity index (χ0n) is 7.12. The molecule has 0 bridgehead atoms. The summed E-state index contributed by atoms with van der Waals surface area (Å²) in [6.45, 7) is 6.09. The molecule has 1 heterocycles. The molecule has 0 saturated carbocycles. The molecule has 3 heteroatoms. The molecule has 66 valence electrons. The van der Waals surface area contributed by atoms with E-state index in [1.165, 1.54) is 13.0 Å². The molecule has 1 saturated heterocycles. The summed E-state index contributed by atoms with van der Waals surface area (Å²) in [5, 5.41) is 8.47. The minimum atomic E-state index is 0.143. The van der Waals surface area contributed by atoms with Gasteiger partial charge in [0.05, 0.1) is 19.3 Å². The number of hydrogen-bond acceptors (Lipinski definition) is 3. The van der Waals surface area contributed by atoms with Gasteiger partial charge in [0.1, 0.15) is 0 Å². The molecular formula is C8H17NO2. The molecule has 0 aliphatic carbocycles. The van der Waals surface area contributed by atoms with Crippen LogP contribution in [0.1, 0.15) is 13.3 Å². The molecule has 1 N–H and O–H groups in total. The third kappa shape index (κ3) is 2.77. The number of ether oxygens (including phenoxy) is 1. The lowest BCUT2D eigenvalue weighted by Crippen LogP contribution is -2.52. The monoisotopic (exact) mass is 159 g/mol. The van der Waals surface area contributed by atoms with Crippen LogP contribution in [0.5, 0.6) is 0 Å². The largest absolute Gasteiger partial charge is 0.394 e. The Morgan fingerprint density at radius 2 is 2.27 bits per heavy atom. The average molecular weight is 159 g/mol. The van der Waals surface area contributed by atoms with Crippen LogP contribution in [0.2, 0.25) is 0 Å². The van der Waals surface area contributed by atoms with Crippen molar-refractivity contribution in [2.45, 2.75) is 19.4 Å². The number of nitrogens with zero attached hydrogens (tertiary/aromatic N) is 1. The maximum atomic E-state index is 8.47. The Labute approximate surface area is 68.0 Å². The maximum Gasteiger partial charge on any atom is 0.0829 e. The molecule has 1 aliphatic heterocycles. The van der Waals surface area contributed by atoms with Crippen LogP contribution < -0.4 is 0 Å². The molecule has 1 rings (SSSR count). The van der Waals surface area contributed by atoms with Gasteiger partial charge in [-0.05, 0) is 13.0 Å². The van der Waals surface area contributed by atoms with Crippen molar-refractivity contribution in [3.63, 3.8) is 0 Å². The van der Waals surface area contributed by atoms with Gasteiger partial charge in [-0.15, -0.1) is 0 Å². The summed E-state index contributed by atoms with van der Waals surface area (Å²) >= 11 is 0. The van der Waals surface area contributed by atoms with E-state index in [4.69, 9.17) is 9.84 Å². The molecule has 0 atom stereocenters. The van der Waals surface area contributed by atoms with E-state index in [-0.39, 0.29) is 6.61 Å². The number of aliphatic hydroxyl groups is 1. The van der Waals surface area contributed by atoms with Crippen molar-refractivity contribution in [1.29, 1.82) is 0 Å². The van der Waals surface area contributed by atoms with Crippen LogP contribution in [-0.4, -0.2) is 49.0 Å². The van der Waals surface area contributed by atoms with Crippen molar-refractivity contribution in [2.75, 3.05) is 32.8 Å². The van der Waals surface area contributed by atoms with E-state index in [9.17, 15) is 0 Å². The quantitative estimate of drug-likeness (QED) is 0.617.